The van der Waals surface area contributed by atoms with E-state index in [4.69, 9.17) is 0 Å². The Kier molecular flexibility index (Phi) is 4.15. The van der Waals surface area contributed by atoms with Gasteiger partial charge in [0, 0.05) is 11.6 Å². The SMILES string of the molecule is COC(=O)[C@@H](CO)Nc1cc(-c2ccccc2)nc2ncnn12. The van der Waals surface area contributed by atoms with Crippen LogP contribution in [0.3, 0.4) is 0 Å². The number of aliphatic hydroxyl groups excluding tert-OH is 1. The number of anilines is 1. The van der Waals surface area contributed by atoms with E-state index in [1.165, 1.54) is 18.0 Å². The lowest BCUT2D eigenvalue weighted by Crippen LogP contribution is -2.34. The number of carbonyl (C=O) groups excluding carboxylic acids is 1. The summed E-state index contributed by atoms with van der Waals surface area (Å²) in [6, 6.07) is 10.4. The fourth-order valence-electron chi connectivity index (χ4n) is 2.17. The van der Waals surface area contributed by atoms with Gasteiger partial charge in [0.05, 0.1) is 19.4 Å². The van der Waals surface area contributed by atoms with E-state index in [1.54, 1.807) is 6.07 Å². The van der Waals surface area contributed by atoms with Gasteiger partial charge in [0.25, 0.3) is 5.78 Å². The van der Waals surface area contributed by atoms with E-state index in [1.807, 2.05) is 30.3 Å². The first-order valence-corrected chi connectivity index (χ1v) is 6.94. The van der Waals surface area contributed by atoms with Gasteiger partial charge in [0.15, 0.2) is 0 Å². The lowest BCUT2D eigenvalue weighted by molar-refractivity contribution is -0.142. The second kappa shape index (κ2) is 6.41. The van der Waals surface area contributed by atoms with Crippen LogP contribution in [0, 0.1) is 0 Å². The molecule has 1 atom stereocenters. The number of ether oxygens (including phenoxy) is 1. The van der Waals surface area contributed by atoms with Crippen molar-refractivity contribution in [2.24, 2.45) is 0 Å². The predicted octanol–water partition coefficient (Wildman–Crippen LogP) is 0.737. The highest BCUT2D eigenvalue weighted by Gasteiger charge is 2.20. The maximum Gasteiger partial charge on any atom is 0.330 e. The molecule has 0 saturated heterocycles. The lowest BCUT2D eigenvalue weighted by Gasteiger charge is -2.16. The Bertz CT molecular complexity index is 818. The minimum Gasteiger partial charge on any atom is -0.467 e. The van der Waals surface area contributed by atoms with Crippen molar-refractivity contribution >= 4 is 17.6 Å². The molecular formula is C15H15N5O3. The molecule has 0 fully saturated rings. The van der Waals surface area contributed by atoms with Gasteiger partial charge in [-0.15, -0.1) is 0 Å². The summed E-state index contributed by atoms with van der Waals surface area (Å²) in [5, 5.41) is 16.4. The maximum atomic E-state index is 11.7. The standard InChI is InChI=1S/C15H15N5O3/c1-23-14(22)12(8-21)18-13-7-11(10-5-3-2-4-6-10)19-15-16-9-17-20(13)15/h2-7,9,12,18,21H,8H2,1H3/t12-/m1/s1. The van der Waals surface area contributed by atoms with Crippen LogP contribution in [0.5, 0.6) is 0 Å². The molecule has 1 aromatic carbocycles. The largest absolute Gasteiger partial charge is 0.467 e. The molecule has 0 spiro atoms. The molecule has 3 rings (SSSR count). The fraction of sp³-hybridized carbons (Fsp3) is 0.200. The molecule has 2 aromatic heterocycles. The molecule has 0 aliphatic rings. The molecule has 2 N–H and O–H groups in total. The number of aromatic nitrogens is 4. The average molecular weight is 313 g/mol. The Morgan fingerprint density at radius 3 is 2.87 bits per heavy atom. The number of methoxy groups -OCH3 is 1. The minimum atomic E-state index is -0.904. The van der Waals surface area contributed by atoms with Crippen molar-refractivity contribution < 1.29 is 14.6 Å². The summed E-state index contributed by atoms with van der Waals surface area (Å²) in [4.78, 5) is 20.2. The molecule has 3 aromatic rings. The van der Waals surface area contributed by atoms with E-state index in [0.717, 1.165) is 5.56 Å². The summed E-state index contributed by atoms with van der Waals surface area (Å²) >= 11 is 0. The normalized spacial score (nSPS) is 12.1. The third-order valence-electron chi connectivity index (χ3n) is 3.31. The van der Waals surface area contributed by atoms with Gasteiger partial charge >= 0.3 is 5.97 Å². The summed E-state index contributed by atoms with van der Waals surface area (Å²) in [6.45, 7) is -0.411. The number of hydrogen-bond donors (Lipinski definition) is 2. The van der Waals surface area contributed by atoms with E-state index in [0.29, 0.717) is 17.3 Å². The van der Waals surface area contributed by atoms with Crippen LogP contribution in [-0.4, -0.2) is 50.4 Å². The van der Waals surface area contributed by atoms with Gasteiger partial charge in [0.1, 0.15) is 18.2 Å². The van der Waals surface area contributed by atoms with Crippen molar-refractivity contribution in [3.05, 3.63) is 42.7 Å². The quantitative estimate of drug-likeness (QED) is 0.670. The Morgan fingerprint density at radius 1 is 1.39 bits per heavy atom. The fourth-order valence-corrected chi connectivity index (χ4v) is 2.17. The summed E-state index contributed by atoms with van der Waals surface area (Å²) in [5.74, 6) is 0.296. The summed E-state index contributed by atoms with van der Waals surface area (Å²) in [5.41, 5.74) is 1.58. The summed E-state index contributed by atoms with van der Waals surface area (Å²) in [6.07, 6.45) is 1.37. The van der Waals surface area contributed by atoms with Crippen molar-refractivity contribution in [1.29, 1.82) is 0 Å². The number of carbonyl (C=O) groups is 1. The molecule has 8 heteroatoms. The van der Waals surface area contributed by atoms with E-state index in [2.05, 4.69) is 25.1 Å². The van der Waals surface area contributed by atoms with Crippen LogP contribution in [0.4, 0.5) is 5.82 Å². The number of fused-ring (bicyclic) bond motifs is 1. The molecule has 8 nitrogen and oxygen atoms in total. The molecular weight excluding hydrogens is 298 g/mol. The van der Waals surface area contributed by atoms with Crippen LogP contribution in [-0.2, 0) is 9.53 Å². The number of nitrogens with one attached hydrogen (secondary N) is 1. The van der Waals surface area contributed by atoms with Crippen LogP contribution in [0.15, 0.2) is 42.7 Å². The zero-order valence-corrected chi connectivity index (χ0v) is 12.4. The highest BCUT2D eigenvalue weighted by molar-refractivity contribution is 5.79. The summed E-state index contributed by atoms with van der Waals surface area (Å²) in [7, 11) is 1.26. The van der Waals surface area contributed by atoms with Crippen molar-refractivity contribution in [3.8, 4) is 11.3 Å². The monoisotopic (exact) mass is 313 g/mol. The zero-order valence-electron chi connectivity index (χ0n) is 12.4. The molecule has 2 heterocycles. The van der Waals surface area contributed by atoms with Crippen LogP contribution >= 0.6 is 0 Å². The van der Waals surface area contributed by atoms with Crippen LogP contribution < -0.4 is 5.32 Å². The van der Waals surface area contributed by atoms with Crippen LogP contribution in [0.2, 0.25) is 0 Å². The first kappa shape index (κ1) is 14.9. The molecule has 118 valence electrons. The van der Waals surface area contributed by atoms with Crippen molar-refractivity contribution in [2.45, 2.75) is 6.04 Å². The molecule has 0 aliphatic heterocycles. The van der Waals surface area contributed by atoms with Crippen molar-refractivity contribution in [3.63, 3.8) is 0 Å². The van der Waals surface area contributed by atoms with Crippen molar-refractivity contribution in [2.75, 3.05) is 19.0 Å². The van der Waals surface area contributed by atoms with Gasteiger partial charge in [-0.05, 0) is 0 Å². The topological polar surface area (TPSA) is 102 Å². The Hall–Kier alpha value is -3.00. The predicted molar refractivity (Wildman–Crippen MR) is 82.7 cm³/mol. The number of nitrogens with zero attached hydrogens (tertiary/aromatic N) is 4. The maximum absolute atomic E-state index is 11.7. The molecule has 0 radical (unpaired) electrons. The molecule has 0 unspecified atom stereocenters. The summed E-state index contributed by atoms with van der Waals surface area (Å²) < 4.78 is 6.12. The van der Waals surface area contributed by atoms with Gasteiger partial charge in [0.2, 0.25) is 0 Å². The van der Waals surface area contributed by atoms with E-state index < -0.39 is 18.6 Å². The minimum absolute atomic E-state index is 0.385. The smallest absolute Gasteiger partial charge is 0.330 e. The number of benzene rings is 1. The number of rotatable bonds is 5. The molecule has 23 heavy (non-hydrogen) atoms. The van der Waals surface area contributed by atoms with Gasteiger partial charge < -0.3 is 15.2 Å². The van der Waals surface area contributed by atoms with E-state index >= 15 is 0 Å². The zero-order chi connectivity index (χ0) is 16.2. The third-order valence-corrected chi connectivity index (χ3v) is 3.31. The Morgan fingerprint density at radius 2 is 2.17 bits per heavy atom. The van der Waals surface area contributed by atoms with E-state index in [-0.39, 0.29) is 0 Å². The van der Waals surface area contributed by atoms with Crippen molar-refractivity contribution in [1.82, 2.24) is 19.6 Å². The van der Waals surface area contributed by atoms with E-state index in [9.17, 15) is 9.90 Å². The Labute approximate surface area is 131 Å². The molecule has 0 aliphatic carbocycles. The van der Waals surface area contributed by atoms with Gasteiger partial charge in [-0.3, -0.25) is 0 Å². The van der Waals surface area contributed by atoms with Gasteiger partial charge in [-0.2, -0.15) is 14.6 Å². The highest BCUT2D eigenvalue weighted by Crippen LogP contribution is 2.21. The number of hydrogen-bond acceptors (Lipinski definition) is 7. The third kappa shape index (κ3) is 2.97. The van der Waals surface area contributed by atoms with Crippen LogP contribution in [0.25, 0.3) is 17.0 Å². The second-order valence-corrected chi connectivity index (χ2v) is 4.77. The van der Waals surface area contributed by atoms with Crippen LogP contribution in [0.1, 0.15) is 0 Å². The molecule has 0 saturated carbocycles. The molecule has 0 bridgehead atoms. The first-order valence-electron chi connectivity index (χ1n) is 6.94. The second-order valence-electron chi connectivity index (χ2n) is 4.77. The highest BCUT2D eigenvalue weighted by atomic mass is 16.5. The average Bonchev–Trinajstić information content (AvgIpc) is 3.08. The van der Waals surface area contributed by atoms with Gasteiger partial charge in [-0.25, -0.2) is 9.78 Å². The Balaban J connectivity index is 2.05. The number of aliphatic hydroxyl groups is 1. The molecule has 0 amide bonds. The lowest BCUT2D eigenvalue weighted by atomic mass is 10.1. The van der Waals surface area contributed by atoms with Gasteiger partial charge in [-0.1, -0.05) is 30.3 Å². The number of esters is 1. The first-order chi connectivity index (χ1) is 11.2.